The van der Waals surface area contributed by atoms with Gasteiger partial charge in [-0.3, -0.25) is 4.79 Å². The van der Waals surface area contributed by atoms with Crippen LogP contribution < -0.4 is 5.32 Å². The van der Waals surface area contributed by atoms with E-state index in [1.807, 2.05) is 13.8 Å². The zero-order valence-corrected chi connectivity index (χ0v) is 10.8. The highest BCUT2D eigenvalue weighted by molar-refractivity contribution is 5.86. The second-order valence-electron chi connectivity index (χ2n) is 4.60. The van der Waals surface area contributed by atoms with Gasteiger partial charge in [-0.25, -0.2) is 9.59 Å². The first-order valence-corrected chi connectivity index (χ1v) is 5.95. The molecule has 1 saturated heterocycles. The predicted molar refractivity (Wildman–Crippen MR) is 63.8 cm³/mol. The fourth-order valence-electron chi connectivity index (χ4n) is 1.96. The number of aliphatic carboxylic acids is 2. The maximum absolute atomic E-state index is 11.9. The zero-order valence-electron chi connectivity index (χ0n) is 10.8. The number of carboxylic acids is 2. The normalized spacial score (nSPS) is 24.6. The van der Waals surface area contributed by atoms with E-state index in [4.69, 9.17) is 14.9 Å². The first kappa shape index (κ1) is 15.2. The molecule has 0 aromatic rings. The SMILES string of the molecule is C[C@@H]1CN(C(=O)NC(CC(=O)O)C(=O)O)C[C@H](C)O1. The van der Waals surface area contributed by atoms with Gasteiger partial charge in [-0.05, 0) is 13.8 Å². The van der Waals surface area contributed by atoms with E-state index < -0.39 is 30.4 Å². The molecule has 0 saturated carbocycles. The Morgan fingerprint density at radius 1 is 1.26 bits per heavy atom. The number of rotatable bonds is 4. The lowest BCUT2D eigenvalue weighted by Crippen LogP contribution is -2.55. The van der Waals surface area contributed by atoms with Gasteiger partial charge in [0.1, 0.15) is 6.04 Å². The van der Waals surface area contributed by atoms with Gasteiger partial charge in [0.25, 0.3) is 0 Å². The molecule has 1 heterocycles. The van der Waals surface area contributed by atoms with Gasteiger partial charge in [-0.15, -0.1) is 0 Å². The molecule has 0 aromatic heterocycles. The minimum absolute atomic E-state index is 0.141. The highest BCUT2D eigenvalue weighted by Gasteiger charge is 2.29. The summed E-state index contributed by atoms with van der Waals surface area (Å²) in [6.07, 6.45) is -0.939. The van der Waals surface area contributed by atoms with Crippen LogP contribution in [0.15, 0.2) is 0 Å². The summed E-state index contributed by atoms with van der Waals surface area (Å²) in [7, 11) is 0. The molecule has 8 heteroatoms. The standard InChI is InChI=1S/C11H18N2O6/c1-6-4-13(5-7(2)19-6)11(18)12-8(10(16)17)3-9(14)15/h6-8H,3-5H2,1-2H3,(H,12,18)(H,14,15)(H,16,17)/t6-,7+,8?. The lowest BCUT2D eigenvalue weighted by molar-refractivity contribution is -0.145. The van der Waals surface area contributed by atoms with Crippen LogP contribution in [0.5, 0.6) is 0 Å². The fourth-order valence-corrected chi connectivity index (χ4v) is 1.96. The molecule has 1 rings (SSSR count). The Hall–Kier alpha value is -1.83. The summed E-state index contributed by atoms with van der Waals surface area (Å²) >= 11 is 0. The number of hydrogen-bond acceptors (Lipinski definition) is 4. The van der Waals surface area contributed by atoms with Crippen molar-refractivity contribution in [1.82, 2.24) is 10.2 Å². The van der Waals surface area contributed by atoms with Gasteiger partial charge in [0.2, 0.25) is 0 Å². The van der Waals surface area contributed by atoms with Crippen molar-refractivity contribution in [2.24, 2.45) is 0 Å². The molecule has 1 aliphatic rings. The largest absolute Gasteiger partial charge is 0.481 e. The van der Waals surface area contributed by atoms with Crippen LogP contribution in [0.25, 0.3) is 0 Å². The molecular weight excluding hydrogens is 256 g/mol. The van der Waals surface area contributed by atoms with Crippen LogP contribution in [-0.2, 0) is 14.3 Å². The van der Waals surface area contributed by atoms with Gasteiger partial charge >= 0.3 is 18.0 Å². The molecule has 1 unspecified atom stereocenters. The molecule has 0 spiro atoms. The van der Waals surface area contributed by atoms with E-state index in [0.29, 0.717) is 13.1 Å². The van der Waals surface area contributed by atoms with Crippen molar-refractivity contribution < 1.29 is 29.3 Å². The van der Waals surface area contributed by atoms with Gasteiger partial charge in [0.15, 0.2) is 0 Å². The quantitative estimate of drug-likeness (QED) is 0.650. The van der Waals surface area contributed by atoms with Crippen LogP contribution in [0.1, 0.15) is 20.3 Å². The molecule has 1 fully saturated rings. The fraction of sp³-hybridized carbons (Fsp3) is 0.727. The Morgan fingerprint density at radius 3 is 2.21 bits per heavy atom. The zero-order chi connectivity index (χ0) is 14.6. The van der Waals surface area contributed by atoms with Gasteiger partial charge in [0.05, 0.1) is 18.6 Å². The summed E-state index contributed by atoms with van der Waals surface area (Å²) in [5, 5.41) is 19.7. The van der Waals surface area contributed by atoms with Gasteiger partial charge in [-0.1, -0.05) is 0 Å². The van der Waals surface area contributed by atoms with E-state index in [2.05, 4.69) is 5.32 Å². The van der Waals surface area contributed by atoms with Gasteiger partial charge in [0, 0.05) is 13.1 Å². The monoisotopic (exact) mass is 274 g/mol. The van der Waals surface area contributed by atoms with Crippen molar-refractivity contribution in [1.29, 1.82) is 0 Å². The minimum atomic E-state index is -1.43. The number of hydrogen-bond donors (Lipinski definition) is 3. The van der Waals surface area contributed by atoms with Gasteiger partial charge in [-0.2, -0.15) is 0 Å². The second-order valence-corrected chi connectivity index (χ2v) is 4.60. The molecule has 0 aliphatic carbocycles. The summed E-state index contributed by atoms with van der Waals surface area (Å²) < 4.78 is 5.45. The Bertz CT molecular complexity index is 362. The number of morpholine rings is 1. The third kappa shape index (κ3) is 4.74. The van der Waals surface area contributed by atoms with Crippen molar-refractivity contribution in [2.75, 3.05) is 13.1 Å². The topological polar surface area (TPSA) is 116 Å². The van der Waals surface area contributed by atoms with Crippen LogP contribution in [-0.4, -0.2) is 64.4 Å². The first-order valence-electron chi connectivity index (χ1n) is 5.95. The predicted octanol–water partition coefficient (Wildman–Crippen LogP) is -0.267. The number of nitrogens with one attached hydrogen (secondary N) is 1. The number of ether oxygens (including phenoxy) is 1. The molecule has 0 radical (unpaired) electrons. The number of carboxylic acid groups (broad SMARTS) is 2. The number of urea groups is 1. The van der Waals surface area contributed by atoms with E-state index >= 15 is 0 Å². The van der Waals surface area contributed by atoms with E-state index in [9.17, 15) is 14.4 Å². The summed E-state index contributed by atoms with van der Waals surface area (Å²) in [5.41, 5.74) is 0. The minimum Gasteiger partial charge on any atom is -0.481 e. The Kier molecular flexibility index (Phi) is 5.11. The maximum atomic E-state index is 11.9. The Labute approximate surface area is 110 Å². The molecular formula is C11H18N2O6. The van der Waals surface area contributed by atoms with Crippen LogP contribution in [0.2, 0.25) is 0 Å². The van der Waals surface area contributed by atoms with E-state index in [0.717, 1.165) is 0 Å². The molecule has 3 N–H and O–H groups in total. The molecule has 19 heavy (non-hydrogen) atoms. The number of amides is 2. The van der Waals surface area contributed by atoms with Crippen molar-refractivity contribution in [3.63, 3.8) is 0 Å². The lowest BCUT2D eigenvalue weighted by atomic mass is 10.2. The van der Waals surface area contributed by atoms with Crippen LogP contribution in [0.4, 0.5) is 4.79 Å². The summed E-state index contributed by atoms with van der Waals surface area (Å²) in [5.74, 6) is -2.65. The van der Waals surface area contributed by atoms with Crippen molar-refractivity contribution in [2.45, 2.75) is 38.5 Å². The first-order chi connectivity index (χ1) is 8.79. The number of nitrogens with zero attached hydrogens (tertiary/aromatic N) is 1. The summed E-state index contributed by atoms with van der Waals surface area (Å²) in [6, 6.07) is -2.02. The van der Waals surface area contributed by atoms with Crippen LogP contribution >= 0.6 is 0 Å². The smallest absolute Gasteiger partial charge is 0.326 e. The average molecular weight is 274 g/mol. The van der Waals surface area contributed by atoms with Crippen molar-refractivity contribution in [3.8, 4) is 0 Å². The lowest BCUT2D eigenvalue weighted by Gasteiger charge is -2.35. The third-order valence-electron chi connectivity index (χ3n) is 2.68. The van der Waals surface area contributed by atoms with Crippen LogP contribution in [0.3, 0.4) is 0 Å². The van der Waals surface area contributed by atoms with E-state index in [1.54, 1.807) is 0 Å². The molecule has 8 nitrogen and oxygen atoms in total. The van der Waals surface area contributed by atoms with Gasteiger partial charge < -0.3 is 25.2 Å². The molecule has 108 valence electrons. The Morgan fingerprint density at radius 2 is 1.79 bits per heavy atom. The molecule has 0 bridgehead atoms. The molecule has 0 aromatic carbocycles. The van der Waals surface area contributed by atoms with E-state index in [-0.39, 0.29) is 12.2 Å². The van der Waals surface area contributed by atoms with Crippen LogP contribution in [0, 0.1) is 0 Å². The number of carbonyl (C=O) groups excluding carboxylic acids is 1. The summed E-state index contributed by atoms with van der Waals surface area (Å²) in [6.45, 7) is 4.30. The highest BCUT2D eigenvalue weighted by atomic mass is 16.5. The van der Waals surface area contributed by atoms with Crippen molar-refractivity contribution >= 4 is 18.0 Å². The van der Waals surface area contributed by atoms with E-state index in [1.165, 1.54) is 4.90 Å². The number of carbonyl (C=O) groups is 3. The second kappa shape index (κ2) is 6.37. The molecule has 1 aliphatic heterocycles. The van der Waals surface area contributed by atoms with Crippen molar-refractivity contribution in [3.05, 3.63) is 0 Å². The average Bonchev–Trinajstić information content (AvgIpc) is 2.25. The summed E-state index contributed by atoms with van der Waals surface area (Å²) in [4.78, 5) is 34.7. The maximum Gasteiger partial charge on any atom is 0.326 e. The molecule has 3 atom stereocenters. The highest BCUT2D eigenvalue weighted by Crippen LogP contribution is 2.11. The third-order valence-corrected chi connectivity index (χ3v) is 2.68. The molecule has 2 amide bonds. The Balaban J connectivity index is 2.61.